The van der Waals surface area contributed by atoms with Gasteiger partial charge in [-0.15, -0.1) is 0 Å². The van der Waals surface area contributed by atoms with Gasteiger partial charge in [-0.05, 0) is 80.9 Å². The van der Waals surface area contributed by atoms with E-state index in [1.807, 2.05) is 30.5 Å². The molecule has 30 heavy (non-hydrogen) atoms. The molecule has 0 unspecified atom stereocenters. The predicted molar refractivity (Wildman–Crippen MR) is 127 cm³/mol. The summed E-state index contributed by atoms with van der Waals surface area (Å²) in [6.45, 7) is 9.50. The lowest BCUT2D eigenvalue weighted by Gasteiger charge is -2.28. The van der Waals surface area contributed by atoms with Crippen molar-refractivity contribution in [1.82, 2.24) is 19.8 Å². The molecule has 156 valence electrons. The molecule has 0 spiro atoms. The third kappa shape index (κ3) is 3.50. The highest BCUT2D eigenvalue weighted by atomic mass is 35.5. The van der Waals surface area contributed by atoms with Crippen LogP contribution in [0.2, 0.25) is 5.02 Å². The molecule has 0 amide bonds. The lowest BCUT2D eigenvalue weighted by molar-refractivity contribution is 0.316. The number of hydrogen-bond acceptors (Lipinski definition) is 2. The van der Waals surface area contributed by atoms with Crippen LogP contribution in [0, 0.1) is 20.8 Å². The minimum Gasteiger partial charge on any atom is -0.352 e. The van der Waals surface area contributed by atoms with E-state index in [4.69, 9.17) is 23.8 Å². The van der Waals surface area contributed by atoms with E-state index in [9.17, 15) is 0 Å². The second kappa shape index (κ2) is 8.40. The zero-order valence-corrected chi connectivity index (χ0v) is 19.4. The first kappa shape index (κ1) is 20.9. The average Bonchev–Trinajstić information content (AvgIpc) is 3.21. The van der Waals surface area contributed by atoms with Gasteiger partial charge in [0.05, 0.1) is 17.8 Å². The van der Waals surface area contributed by atoms with Gasteiger partial charge < -0.3 is 14.8 Å². The van der Waals surface area contributed by atoms with Crippen molar-refractivity contribution in [3.8, 4) is 5.69 Å². The number of rotatable bonds is 5. The smallest absolute Gasteiger partial charge is 0.170 e. The Hall–Kier alpha value is -2.37. The fourth-order valence-electron chi connectivity index (χ4n) is 4.52. The summed E-state index contributed by atoms with van der Waals surface area (Å²) in [6, 6.07) is 14.5. The number of nitrogens with zero attached hydrogens (tertiary/aromatic N) is 3. The number of aromatic nitrogens is 2. The van der Waals surface area contributed by atoms with Gasteiger partial charge in [0.25, 0.3) is 0 Å². The highest BCUT2D eigenvalue weighted by Crippen LogP contribution is 2.41. The first-order chi connectivity index (χ1) is 14.4. The molecule has 0 bridgehead atoms. The molecule has 2 atom stereocenters. The Morgan fingerprint density at radius 3 is 2.63 bits per heavy atom. The van der Waals surface area contributed by atoms with Gasteiger partial charge in [-0.3, -0.25) is 4.98 Å². The van der Waals surface area contributed by atoms with Crippen LogP contribution in [-0.2, 0) is 0 Å². The predicted octanol–water partition coefficient (Wildman–Crippen LogP) is 5.83. The van der Waals surface area contributed by atoms with Crippen molar-refractivity contribution in [2.75, 3.05) is 6.54 Å². The Morgan fingerprint density at radius 1 is 1.13 bits per heavy atom. The van der Waals surface area contributed by atoms with Gasteiger partial charge in [0.1, 0.15) is 0 Å². The van der Waals surface area contributed by atoms with E-state index >= 15 is 0 Å². The summed E-state index contributed by atoms with van der Waals surface area (Å²) < 4.78 is 2.30. The third-order valence-corrected chi connectivity index (χ3v) is 6.69. The van der Waals surface area contributed by atoms with E-state index in [0.717, 1.165) is 40.0 Å². The summed E-state index contributed by atoms with van der Waals surface area (Å²) in [5, 5.41) is 5.11. The maximum atomic E-state index is 6.43. The maximum absolute atomic E-state index is 6.43. The zero-order chi connectivity index (χ0) is 21.4. The summed E-state index contributed by atoms with van der Waals surface area (Å²) in [5.41, 5.74) is 6.86. The second-order valence-corrected chi connectivity index (χ2v) is 8.66. The van der Waals surface area contributed by atoms with Crippen LogP contribution in [0.25, 0.3) is 5.69 Å². The number of thiocarbonyl (C=S) groups is 1. The molecular weight excluding hydrogens is 412 g/mol. The normalized spacial score (nSPS) is 18.7. The Bertz CT molecular complexity index is 1080. The van der Waals surface area contributed by atoms with Gasteiger partial charge in [-0.2, -0.15) is 0 Å². The first-order valence-corrected chi connectivity index (χ1v) is 11.1. The number of benzene rings is 1. The quantitative estimate of drug-likeness (QED) is 0.508. The molecule has 6 heteroatoms. The van der Waals surface area contributed by atoms with Crippen LogP contribution < -0.4 is 5.32 Å². The van der Waals surface area contributed by atoms with Gasteiger partial charge in [0, 0.05) is 34.8 Å². The van der Waals surface area contributed by atoms with Gasteiger partial charge in [0.2, 0.25) is 0 Å². The molecule has 1 aliphatic heterocycles. The number of nitrogens with one attached hydrogen (secondary N) is 1. The van der Waals surface area contributed by atoms with E-state index < -0.39 is 0 Å². The summed E-state index contributed by atoms with van der Waals surface area (Å²) in [6.07, 6.45) is 2.87. The summed E-state index contributed by atoms with van der Waals surface area (Å²) in [5.74, 6) is 0. The molecule has 1 aliphatic rings. The van der Waals surface area contributed by atoms with Crippen molar-refractivity contribution in [2.45, 2.75) is 46.2 Å². The molecule has 1 fully saturated rings. The molecule has 4 rings (SSSR count). The Labute approximate surface area is 188 Å². The van der Waals surface area contributed by atoms with E-state index in [2.05, 4.69) is 65.7 Å². The SMILES string of the molecule is CCCN1C(=S)N[C@@H](c2ccccn2)[C@H]1c1cc(C)n(-c2cccc(Cl)c2C)c1C. The van der Waals surface area contributed by atoms with Crippen molar-refractivity contribution in [1.29, 1.82) is 0 Å². The van der Waals surface area contributed by atoms with E-state index in [0.29, 0.717) is 0 Å². The van der Waals surface area contributed by atoms with Crippen LogP contribution >= 0.6 is 23.8 Å². The minimum absolute atomic E-state index is 0.0136. The summed E-state index contributed by atoms with van der Waals surface area (Å²) in [7, 11) is 0. The van der Waals surface area contributed by atoms with Crippen LogP contribution in [0.15, 0.2) is 48.7 Å². The van der Waals surface area contributed by atoms with Crippen LogP contribution in [-0.4, -0.2) is 26.1 Å². The molecular formula is C24H27ClN4S. The van der Waals surface area contributed by atoms with Crippen molar-refractivity contribution < 1.29 is 0 Å². The van der Waals surface area contributed by atoms with Gasteiger partial charge >= 0.3 is 0 Å². The molecule has 3 heterocycles. The molecule has 1 saturated heterocycles. The summed E-state index contributed by atoms with van der Waals surface area (Å²) >= 11 is 12.2. The molecule has 1 aromatic carbocycles. The maximum Gasteiger partial charge on any atom is 0.170 e. The number of halogens is 1. The van der Waals surface area contributed by atoms with E-state index in [1.54, 1.807) is 0 Å². The topological polar surface area (TPSA) is 33.1 Å². The molecule has 0 radical (unpaired) electrons. The molecule has 4 nitrogen and oxygen atoms in total. The Kier molecular flexibility index (Phi) is 5.85. The zero-order valence-electron chi connectivity index (χ0n) is 17.8. The van der Waals surface area contributed by atoms with Crippen molar-refractivity contribution in [2.24, 2.45) is 0 Å². The lowest BCUT2D eigenvalue weighted by Crippen LogP contribution is -2.30. The van der Waals surface area contributed by atoms with Crippen molar-refractivity contribution in [3.05, 3.63) is 81.9 Å². The van der Waals surface area contributed by atoms with Crippen LogP contribution in [0.4, 0.5) is 0 Å². The molecule has 1 N–H and O–H groups in total. The monoisotopic (exact) mass is 438 g/mol. The fraction of sp³-hybridized carbons (Fsp3) is 0.333. The van der Waals surface area contributed by atoms with Gasteiger partial charge in [0.15, 0.2) is 5.11 Å². The van der Waals surface area contributed by atoms with Crippen LogP contribution in [0.3, 0.4) is 0 Å². The molecule has 0 aliphatic carbocycles. The largest absolute Gasteiger partial charge is 0.352 e. The minimum atomic E-state index is 0.0136. The van der Waals surface area contributed by atoms with Crippen LogP contribution in [0.1, 0.15) is 53.6 Å². The van der Waals surface area contributed by atoms with E-state index in [-0.39, 0.29) is 12.1 Å². The Balaban J connectivity index is 1.86. The third-order valence-electron chi connectivity index (χ3n) is 5.93. The first-order valence-electron chi connectivity index (χ1n) is 10.4. The molecule has 0 saturated carbocycles. The lowest BCUT2D eigenvalue weighted by atomic mass is 9.96. The Morgan fingerprint density at radius 2 is 1.93 bits per heavy atom. The average molecular weight is 439 g/mol. The number of pyridine rings is 1. The van der Waals surface area contributed by atoms with Crippen molar-refractivity contribution >= 4 is 28.9 Å². The fourth-order valence-corrected chi connectivity index (χ4v) is 5.02. The van der Waals surface area contributed by atoms with Crippen LogP contribution in [0.5, 0.6) is 0 Å². The molecule has 2 aromatic heterocycles. The highest BCUT2D eigenvalue weighted by molar-refractivity contribution is 7.80. The number of hydrogen-bond donors (Lipinski definition) is 1. The van der Waals surface area contributed by atoms with Crippen molar-refractivity contribution in [3.63, 3.8) is 0 Å². The van der Waals surface area contributed by atoms with Gasteiger partial charge in [-0.25, -0.2) is 0 Å². The standard InChI is InChI=1S/C24H27ClN4S/c1-5-13-28-23(22(27-24(28)30)20-10-6-7-12-26-20)18-14-15(2)29(17(18)4)21-11-8-9-19(25)16(21)3/h6-12,14,22-23H,5,13H2,1-4H3,(H,27,30)/t22-,23+/m0/s1. The highest BCUT2D eigenvalue weighted by Gasteiger charge is 2.41. The molecule has 3 aromatic rings. The van der Waals surface area contributed by atoms with E-state index in [1.165, 1.54) is 17.0 Å². The number of aryl methyl sites for hydroxylation is 1. The second-order valence-electron chi connectivity index (χ2n) is 7.87. The van der Waals surface area contributed by atoms with Gasteiger partial charge in [-0.1, -0.05) is 30.7 Å². The summed E-state index contributed by atoms with van der Waals surface area (Å²) in [4.78, 5) is 6.95.